The van der Waals surface area contributed by atoms with E-state index in [1.165, 1.54) is 40.5 Å². The van der Waals surface area contributed by atoms with Gasteiger partial charge in [-0.3, -0.25) is 23.7 Å². The second-order valence-electron chi connectivity index (χ2n) is 12.6. The summed E-state index contributed by atoms with van der Waals surface area (Å²) in [6, 6.07) is 7.12. The number of nitrogens with two attached hydrogens (primary N) is 1. The van der Waals surface area contributed by atoms with Gasteiger partial charge in [0.05, 0.1) is 16.6 Å². The van der Waals surface area contributed by atoms with E-state index in [0.29, 0.717) is 46.8 Å². The van der Waals surface area contributed by atoms with Gasteiger partial charge in [0.2, 0.25) is 17.7 Å². The molecule has 2 aliphatic rings. The summed E-state index contributed by atoms with van der Waals surface area (Å²) in [6.45, 7) is 0.555. The number of primary amides is 1. The molecule has 2 aromatic heterocycles. The molecule has 2 aliphatic heterocycles. The molecule has 52 heavy (non-hydrogen) atoms. The standard InChI is InChI=1S/C33H34F3N6O7PS2/c34-20-4-1-17(2-5-20)24-16-51-31(41-24)22(7-10-28(37)43)39-29(44)25-8-6-21-11-12-38-15-23(32(46)42(21)25)40-30(45)27-14-18-13-19(3-9-26(18)52-27)33(35,36)50(47,48)49/h1-5,9,13-14,16,21-23,25,38H,6-8,10-12,15H2,(H2,37,43)(H,39,44)(H,40,45)(H2,47,48,49)/t21-,22+,23+,25+/m1/s1. The molecule has 19 heteroatoms. The number of halogens is 3. The predicted molar refractivity (Wildman–Crippen MR) is 187 cm³/mol. The molecule has 0 spiro atoms. The Bertz CT molecular complexity index is 2060. The number of thiophene rings is 1. The van der Waals surface area contributed by atoms with Crippen LogP contribution in [0.1, 0.15) is 58.4 Å². The molecule has 2 fully saturated rings. The van der Waals surface area contributed by atoms with Gasteiger partial charge in [-0.05, 0) is 80.1 Å². The first kappa shape index (κ1) is 37.6. The minimum Gasteiger partial charge on any atom is -0.370 e. The second-order valence-corrected chi connectivity index (χ2v) is 16.2. The van der Waals surface area contributed by atoms with Crippen molar-refractivity contribution in [2.75, 3.05) is 13.1 Å². The number of benzene rings is 2. The van der Waals surface area contributed by atoms with E-state index in [9.17, 15) is 36.9 Å². The second kappa shape index (κ2) is 15.0. The van der Waals surface area contributed by atoms with Crippen molar-refractivity contribution in [2.24, 2.45) is 5.73 Å². The van der Waals surface area contributed by atoms with E-state index in [1.807, 2.05) is 0 Å². The van der Waals surface area contributed by atoms with Crippen molar-refractivity contribution in [2.45, 2.75) is 61.9 Å². The number of carbonyl (C=O) groups excluding carboxylic acids is 4. The van der Waals surface area contributed by atoms with Gasteiger partial charge in [-0.1, -0.05) is 6.07 Å². The van der Waals surface area contributed by atoms with Crippen LogP contribution in [0.25, 0.3) is 21.3 Å². The Kier molecular flexibility index (Phi) is 10.9. The monoisotopic (exact) mass is 778 g/mol. The van der Waals surface area contributed by atoms with Crippen molar-refractivity contribution >= 4 is 64.0 Å². The highest BCUT2D eigenvalue weighted by atomic mass is 32.1. The molecule has 0 radical (unpaired) electrons. The molecule has 0 saturated carbocycles. The Balaban J connectivity index is 1.19. The highest BCUT2D eigenvalue weighted by Gasteiger charge is 2.50. The zero-order valence-corrected chi connectivity index (χ0v) is 29.8. The third kappa shape index (κ3) is 7.91. The molecule has 4 aromatic rings. The minimum absolute atomic E-state index is 0.0444. The third-order valence-electron chi connectivity index (χ3n) is 9.08. The van der Waals surface area contributed by atoms with Gasteiger partial charge in [-0.25, -0.2) is 9.37 Å². The Morgan fingerprint density at radius 1 is 1.12 bits per heavy atom. The molecule has 0 bridgehead atoms. The lowest BCUT2D eigenvalue weighted by Gasteiger charge is -2.35. The highest BCUT2D eigenvalue weighted by Crippen LogP contribution is 2.59. The average Bonchev–Trinajstić information content (AvgIpc) is 3.85. The van der Waals surface area contributed by atoms with Gasteiger partial charge in [0.15, 0.2) is 0 Å². The highest BCUT2D eigenvalue weighted by molar-refractivity contribution is 7.52. The van der Waals surface area contributed by atoms with Crippen LogP contribution in [0, 0.1) is 5.82 Å². The molecule has 4 atom stereocenters. The number of carbonyl (C=O) groups is 4. The van der Waals surface area contributed by atoms with E-state index in [-0.39, 0.29) is 35.7 Å². The lowest BCUT2D eigenvalue weighted by molar-refractivity contribution is -0.142. The maximum absolute atomic E-state index is 14.3. The molecule has 4 heterocycles. The molecule has 7 N–H and O–H groups in total. The zero-order chi connectivity index (χ0) is 37.4. The summed E-state index contributed by atoms with van der Waals surface area (Å²) in [5.41, 5.74) is 1.32. The van der Waals surface area contributed by atoms with Gasteiger partial charge in [0, 0.05) is 40.2 Å². The maximum Gasteiger partial charge on any atom is 0.399 e. The van der Waals surface area contributed by atoms with Crippen LogP contribution in [-0.4, -0.2) is 74.5 Å². The number of alkyl halides is 2. The van der Waals surface area contributed by atoms with Crippen molar-refractivity contribution in [3.8, 4) is 11.3 Å². The van der Waals surface area contributed by atoms with Crippen LogP contribution in [0.5, 0.6) is 0 Å². The number of nitrogens with one attached hydrogen (secondary N) is 3. The molecule has 13 nitrogen and oxygen atoms in total. The summed E-state index contributed by atoms with van der Waals surface area (Å²) in [6.07, 6.45) is 1.55. The fraction of sp³-hybridized carbons (Fsp3) is 0.364. The van der Waals surface area contributed by atoms with E-state index in [2.05, 4.69) is 20.9 Å². The number of rotatable bonds is 11. The predicted octanol–water partition coefficient (Wildman–Crippen LogP) is 3.97. The quantitative estimate of drug-likeness (QED) is 0.122. The largest absolute Gasteiger partial charge is 0.399 e. The van der Waals surface area contributed by atoms with Gasteiger partial charge >= 0.3 is 13.3 Å². The molecule has 0 unspecified atom stereocenters. The summed E-state index contributed by atoms with van der Waals surface area (Å²) in [7, 11) is -5.80. The Hall–Kier alpha value is -4.19. The van der Waals surface area contributed by atoms with Crippen molar-refractivity contribution in [1.29, 1.82) is 0 Å². The van der Waals surface area contributed by atoms with E-state index >= 15 is 0 Å². The molecule has 2 saturated heterocycles. The van der Waals surface area contributed by atoms with Crippen LogP contribution in [0.2, 0.25) is 0 Å². The van der Waals surface area contributed by atoms with Gasteiger partial charge < -0.3 is 36.4 Å². The SMILES string of the molecule is NC(=O)CC[C@H](NC(=O)[C@@H]1CC[C@@H]2CCNC[C@H](NC(=O)c3cc4cc(C(F)(F)P(=O)(O)O)ccc4s3)C(=O)N21)c1nc(-c2ccc(F)cc2)cs1. The van der Waals surface area contributed by atoms with Gasteiger partial charge in [0.1, 0.15) is 22.9 Å². The van der Waals surface area contributed by atoms with Crippen LogP contribution in [0.4, 0.5) is 13.2 Å². The van der Waals surface area contributed by atoms with E-state index in [4.69, 9.17) is 15.5 Å². The van der Waals surface area contributed by atoms with Gasteiger partial charge in [-0.15, -0.1) is 22.7 Å². The number of nitrogens with zero attached hydrogens (tertiary/aromatic N) is 2. The van der Waals surface area contributed by atoms with E-state index < -0.39 is 66.4 Å². The number of thiazole rings is 1. The van der Waals surface area contributed by atoms with Crippen molar-refractivity contribution < 1.29 is 46.7 Å². The number of hydrogen-bond donors (Lipinski definition) is 6. The van der Waals surface area contributed by atoms with Crippen LogP contribution < -0.4 is 21.7 Å². The van der Waals surface area contributed by atoms with Crippen LogP contribution in [0.3, 0.4) is 0 Å². The first-order valence-corrected chi connectivity index (χ1v) is 19.5. The molecule has 2 aromatic carbocycles. The molecule has 276 valence electrons. The lowest BCUT2D eigenvalue weighted by Crippen LogP contribution is -2.60. The summed E-state index contributed by atoms with van der Waals surface area (Å²) >= 11 is 2.21. The Morgan fingerprint density at radius 2 is 1.87 bits per heavy atom. The molecule has 4 amide bonds. The van der Waals surface area contributed by atoms with E-state index in [0.717, 1.165) is 23.5 Å². The Labute approximate surface area is 302 Å². The van der Waals surface area contributed by atoms with Crippen LogP contribution in [0.15, 0.2) is 53.9 Å². The average molecular weight is 779 g/mol. The molecule has 0 aliphatic carbocycles. The Morgan fingerprint density at radius 3 is 2.58 bits per heavy atom. The number of aromatic nitrogens is 1. The summed E-state index contributed by atoms with van der Waals surface area (Å²) in [5, 5.41) is 11.2. The fourth-order valence-corrected chi connectivity index (χ4v) is 8.74. The van der Waals surface area contributed by atoms with Crippen LogP contribution in [-0.2, 0) is 24.6 Å². The number of hydrogen-bond acceptors (Lipinski definition) is 9. The lowest BCUT2D eigenvalue weighted by atomic mass is 10.1. The summed E-state index contributed by atoms with van der Waals surface area (Å²) in [4.78, 5) is 77.6. The topological polar surface area (TPSA) is 204 Å². The van der Waals surface area contributed by atoms with Crippen LogP contribution >= 0.6 is 30.3 Å². The summed E-state index contributed by atoms with van der Waals surface area (Å²) in [5.74, 6) is -2.60. The normalized spacial score (nSPS) is 20.2. The zero-order valence-electron chi connectivity index (χ0n) is 27.3. The van der Waals surface area contributed by atoms with Crippen molar-refractivity contribution in [3.05, 3.63) is 75.2 Å². The smallest absolute Gasteiger partial charge is 0.370 e. The number of amides is 4. The molecular formula is C33H34F3N6O7PS2. The van der Waals surface area contributed by atoms with Crippen molar-refractivity contribution in [3.63, 3.8) is 0 Å². The first-order valence-electron chi connectivity index (χ1n) is 16.2. The van der Waals surface area contributed by atoms with E-state index in [1.54, 1.807) is 17.5 Å². The van der Waals surface area contributed by atoms with Gasteiger partial charge in [-0.2, -0.15) is 8.78 Å². The third-order valence-corrected chi connectivity index (χ3v) is 12.1. The van der Waals surface area contributed by atoms with Gasteiger partial charge in [0.25, 0.3) is 5.91 Å². The number of fused-ring (bicyclic) bond motifs is 2. The fourth-order valence-electron chi connectivity index (χ4n) is 6.41. The molecule has 6 rings (SSSR count). The minimum atomic E-state index is -5.80. The maximum atomic E-state index is 14.3. The summed E-state index contributed by atoms with van der Waals surface area (Å²) < 4.78 is 53.9. The molecular weight excluding hydrogens is 744 g/mol. The van der Waals surface area contributed by atoms with Crippen molar-refractivity contribution in [1.82, 2.24) is 25.8 Å². The first-order chi connectivity index (χ1) is 24.6.